The Hall–Kier alpha value is 8.98. The number of fused-ring (bicyclic) bond motifs is 5. The highest BCUT2D eigenvalue weighted by atomic mass is 33.5. The van der Waals surface area contributed by atoms with Crippen LogP contribution in [0.2, 0.25) is 0 Å². The van der Waals surface area contributed by atoms with Gasteiger partial charge in [0, 0.05) is 433 Å². The van der Waals surface area contributed by atoms with Crippen LogP contribution in [0, 0.1) is 11.6 Å². The van der Waals surface area contributed by atoms with Crippen molar-refractivity contribution < 1.29 is 13.5 Å². The quantitative estimate of drug-likeness (QED) is 0.390. The van der Waals surface area contributed by atoms with E-state index in [1.54, 1.807) is 107 Å². The summed E-state index contributed by atoms with van der Waals surface area (Å²) in [6.07, 6.45) is 0.749. The smallest absolute Gasteiger partial charge is 0.154 e. The first-order valence-electron chi connectivity index (χ1n) is 12.5. The monoisotopic (exact) mass is 1710 g/mol. The van der Waals surface area contributed by atoms with Crippen LogP contribution in [-0.4, -0.2) is 0 Å². The molecule has 4 N–H and O–H groups in total. The summed E-state index contributed by atoms with van der Waals surface area (Å²) < 4.78 is 32.9. The molecule has 1 aromatic rings. The number of nitrogen functional groups attached to an aromatic ring is 2. The molecule has 2 aliphatic heterocycles. The number of nitrogens with two attached hydrogens (primary N) is 2. The zero-order chi connectivity index (χ0) is 44.6. The molecule has 2 atom stereocenters. The van der Waals surface area contributed by atoms with E-state index in [1.807, 2.05) is 275 Å². The van der Waals surface area contributed by atoms with Gasteiger partial charge in [0.2, 0.25) is 0 Å². The number of hydrogen-bond acceptors (Lipinski definition) is 5. The maximum Gasteiger partial charge on any atom is 0.154 e. The minimum atomic E-state index is -0.615. The summed E-state index contributed by atoms with van der Waals surface area (Å²) in [4.78, 5) is 0. The Morgan fingerprint density at radius 2 is 0.452 bits per heavy atom. The molecule has 3 nitrogen and oxygen atoms in total. The zero-order valence-electron chi connectivity index (χ0n) is 27.1. The molecule has 2 unspecified atom stereocenters. The van der Waals surface area contributed by atoms with E-state index in [-0.39, 0.29) is 34.7 Å². The molecular weight excluding hydrogens is 1710 g/mol. The molecule has 1 aromatic carbocycles. The van der Waals surface area contributed by atoms with Crippen molar-refractivity contribution in [3.63, 3.8) is 0 Å². The Balaban J connectivity index is 0.000000720. The second-order valence-corrected chi connectivity index (χ2v) is 86.6. The summed E-state index contributed by atoms with van der Waals surface area (Å²) >= 11 is 9.62. The normalized spacial score (nSPS) is 12.4. The fraction of sp³-hybridized carbons (Fsp3) is 0.400. The molecule has 3 rings (SSSR count). The standard InChI is InChI=1S/C10H10F2N2O.S47/c11-7-5-3-1-2-4(15-3)6(5)8(12)10(14)9(7)13;1-3-5-7-9-11-13-15-17-19-21-23-25-27-29-31-33-35-37-39-41-43-45-47-46-44-42-40-38-36-34-32-30-28-26-24-22-20-18-16-14-12-10-8-6-4-2/h3-4H,1-2,13-14H2;. The summed E-state index contributed by atoms with van der Waals surface area (Å²) in [5.74, 6) is -1.23. The van der Waals surface area contributed by atoms with Crippen LogP contribution in [0.15, 0.2) is 0 Å². The van der Waals surface area contributed by atoms with Crippen LogP contribution in [0.4, 0.5) is 20.2 Å². The predicted molar refractivity (Wildman–Crippen MR) is 397 cm³/mol. The van der Waals surface area contributed by atoms with Crippen LogP contribution in [0.25, 0.3) is 0 Å². The van der Waals surface area contributed by atoms with Gasteiger partial charge in [-0.3, -0.25) is 0 Å². The van der Waals surface area contributed by atoms with E-state index in [4.69, 9.17) is 38.6 Å². The Kier molecular flexibility index (Phi) is 54.9. The lowest BCUT2D eigenvalue weighted by atomic mass is 9.89. The van der Waals surface area contributed by atoms with Gasteiger partial charge in [0.15, 0.2) is 11.6 Å². The van der Waals surface area contributed by atoms with E-state index in [0.717, 1.165) is 12.8 Å². The van der Waals surface area contributed by atoms with Crippen molar-refractivity contribution in [2.24, 2.45) is 0 Å². The van der Waals surface area contributed by atoms with E-state index in [1.165, 1.54) is 17.8 Å². The van der Waals surface area contributed by atoms with Crippen molar-refractivity contribution in [3.8, 4) is 0 Å². The average molecular weight is 1720 g/mol. The number of ether oxygens (including phenoxy) is 1. The van der Waals surface area contributed by atoms with Crippen LogP contribution in [-0.2, 0) is 427 Å². The molecular formula is C10H10F2N2OS47. The first kappa shape index (κ1) is 67.1. The minimum absolute atomic E-state index is 0.274. The lowest BCUT2D eigenvalue weighted by Gasteiger charge is -2.16. The van der Waals surface area contributed by atoms with Crippen LogP contribution >= 0.6 is 0 Å². The molecule has 362 valence electrons. The third-order valence-corrected chi connectivity index (χ3v) is 102. The largest absolute Gasteiger partial charge is 0.395 e. The molecule has 0 spiro atoms. The highest BCUT2D eigenvalue weighted by Gasteiger charge is 2.43. The highest BCUT2D eigenvalue weighted by molar-refractivity contribution is 8.82. The minimum Gasteiger partial charge on any atom is -0.395 e. The number of anilines is 2. The second-order valence-electron chi connectivity index (χ2n) is 7.04. The summed E-state index contributed by atoms with van der Waals surface area (Å²) in [6, 6.07) is 0. The molecule has 0 aromatic heterocycles. The van der Waals surface area contributed by atoms with Crippen LogP contribution in [0.3, 0.4) is 0 Å². The van der Waals surface area contributed by atoms with Gasteiger partial charge in [0.05, 0.1) is 23.6 Å². The summed E-state index contributed by atoms with van der Waals surface area (Å²) in [5.41, 5.74) is 10.7. The Morgan fingerprint density at radius 1 is 0.306 bits per heavy atom. The van der Waals surface area contributed by atoms with Crippen molar-refractivity contribution in [2.45, 2.75) is 25.0 Å². The highest BCUT2D eigenvalue weighted by Crippen LogP contribution is 2.54. The summed E-state index contributed by atoms with van der Waals surface area (Å²) in [7, 11) is 80.2. The fourth-order valence-corrected chi connectivity index (χ4v) is 121. The van der Waals surface area contributed by atoms with Gasteiger partial charge in [-0.25, -0.2) is 8.78 Å². The number of benzene rings is 1. The molecule has 0 amide bonds. The third kappa shape index (κ3) is 36.1. The van der Waals surface area contributed by atoms with Crippen LogP contribution in [0.1, 0.15) is 36.2 Å². The SMILES string of the molecule is Nc1c(N)c(F)c2c(c1F)C1CCC2O1.S=S=S=S=S=S=S=S=S=S=S=S=S=S=S=S=S=S=S=S=S=S=S=S=S=S=S=S=S=S=S=S=S=S=S=S=S=S=S=S=S=S=S=S=S=S=S. The maximum atomic E-state index is 13.7. The topological polar surface area (TPSA) is 61.3 Å². The van der Waals surface area contributed by atoms with Crippen LogP contribution < -0.4 is 11.5 Å². The van der Waals surface area contributed by atoms with Crippen molar-refractivity contribution in [1.82, 2.24) is 0 Å². The Bertz CT molecular complexity index is 3760. The van der Waals surface area contributed by atoms with Gasteiger partial charge in [-0.15, -0.1) is 0 Å². The van der Waals surface area contributed by atoms with E-state index < -0.39 is 11.6 Å². The molecule has 62 heavy (non-hydrogen) atoms. The van der Waals surface area contributed by atoms with Gasteiger partial charge in [-0.2, -0.15) is 0 Å². The Labute approximate surface area is 493 Å². The van der Waals surface area contributed by atoms with Crippen molar-refractivity contribution >= 4 is 433 Å². The lowest BCUT2D eigenvalue weighted by Crippen LogP contribution is -2.11. The van der Waals surface area contributed by atoms with Gasteiger partial charge >= 0.3 is 0 Å². The number of hydrogen-bond donors (Lipinski definition) is 2. The second kappa shape index (κ2) is 50.8. The lowest BCUT2D eigenvalue weighted by molar-refractivity contribution is 0.0695. The predicted octanol–water partition coefficient (Wildman–Crippen LogP) is 1.92. The van der Waals surface area contributed by atoms with Gasteiger partial charge in [0.1, 0.15) is 0 Å². The number of halogens is 2. The summed E-state index contributed by atoms with van der Waals surface area (Å²) in [6.45, 7) is 0. The molecule has 0 radical (unpaired) electrons. The molecule has 52 heteroatoms. The summed E-state index contributed by atoms with van der Waals surface area (Å²) in [5, 5.41) is 0. The molecule has 2 bridgehead atoms. The number of rotatable bonds is 0. The molecule has 0 saturated carbocycles. The maximum absolute atomic E-state index is 13.7. The van der Waals surface area contributed by atoms with Crippen molar-refractivity contribution in [1.29, 1.82) is 0 Å². The molecule has 0 aliphatic carbocycles. The van der Waals surface area contributed by atoms with E-state index >= 15 is 0 Å². The van der Waals surface area contributed by atoms with Gasteiger partial charge in [-0.05, 0) is 12.8 Å². The van der Waals surface area contributed by atoms with Gasteiger partial charge in [-0.1, -0.05) is 0 Å². The first-order valence-corrected chi connectivity index (χ1v) is 73.8. The molecule has 2 aliphatic rings. The van der Waals surface area contributed by atoms with Gasteiger partial charge < -0.3 is 16.2 Å². The molecule has 1 fully saturated rings. The van der Waals surface area contributed by atoms with Crippen molar-refractivity contribution in [2.75, 3.05) is 11.5 Å². The fourth-order valence-electron chi connectivity index (χ4n) is 2.94. The molecule has 1 saturated heterocycles. The average Bonchev–Trinajstić information content (AvgIpc) is 3.91. The third-order valence-electron chi connectivity index (χ3n) is 4.41. The van der Waals surface area contributed by atoms with E-state index in [9.17, 15) is 8.78 Å². The van der Waals surface area contributed by atoms with Crippen LogP contribution in [0.5, 0.6) is 0 Å². The van der Waals surface area contributed by atoms with E-state index in [0.29, 0.717) is 0 Å². The van der Waals surface area contributed by atoms with Gasteiger partial charge in [0.25, 0.3) is 0 Å². The molecule has 2 heterocycles. The first-order chi connectivity index (χ1) is 30.5. The van der Waals surface area contributed by atoms with E-state index in [2.05, 4.69) is 0 Å². The zero-order valence-corrected chi connectivity index (χ0v) is 65.5. The van der Waals surface area contributed by atoms with Crippen molar-refractivity contribution in [3.05, 3.63) is 22.8 Å². The Morgan fingerprint density at radius 3 is 0.597 bits per heavy atom.